The van der Waals surface area contributed by atoms with Gasteiger partial charge in [0.05, 0.1) is 9.99 Å². The topological polar surface area (TPSA) is 76.2 Å². The van der Waals surface area contributed by atoms with Crippen LogP contribution in [-0.2, 0) is 11.3 Å². The van der Waals surface area contributed by atoms with Gasteiger partial charge in [-0.3, -0.25) is 4.79 Å². The normalized spacial score (nSPS) is 11.6. The van der Waals surface area contributed by atoms with E-state index in [9.17, 15) is 9.90 Å². The van der Waals surface area contributed by atoms with Gasteiger partial charge in [-0.2, -0.15) is 0 Å². The number of aryl methyl sites for hydroxylation is 2. The molecule has 7 heteroatoms. The maximum atomic E-state index is 12.1. The van der Waals surface area contributed by atoms with Crippen LogP contribution in [0.1, 0.15) is 25.8 Å². The van der Waals surface area contributed by atoms with E-state index in [4.69, 9.17) is 4.74 Å². The summed E-state index contributed by atoms with van der Waals surface area (Å²) in [6.07, 6.45) is 0.917. The molecule has 0 aliphatic carbocycles. The van der Waals surface area contributed by atoms with Crippen molar-refractivity contribution >= 4 is 38.4 Å². The molecule has 0 saturated carbocycles. The molecule has 1 aromatic heterocycles. The Bertz CT molecular complexity index is 1060. The summed E-state index contributed by atoms with van der Waals surface area (Å²) in [5.41, 5.74) is 2.22. The number of halogens is 1. The summed E-state index contributed by atoms with van der Waals surface area (Å²) in [7, 11) is 0. The fraction of sp³-hybridized carbons (Fsp3) is 0.318. The van der Waals surface area contributed by atoms with Crippen LogP contribution in [0.2, 0.25) is 0 Å². The maximum absolute atomic E-state index is 12.1. The van der Waals surface area contributed by atoms with E-state index in [0.29, 0.717) is 23.9 Å². The Hall–Kier alpha value is -2.67. The zero-order valence-corrected chi connectivity index (χ0v) is 18.3. The third-order valence-corrected chi connectivity index (χ3v) is 5.20. The Morgan fingerprint density at radius 2 is 2.00 bits per heavy atom. The molecule has 0 bridgehead atoms. The van der Waals surface area contributed by atoms with Crippen molar-refractivity contribution in [3.8, 4) is 11.6 Å². The predicted octanol–water partition coefficient (Wildman–Crippen LogP) is 6.15. The number of fused-ring (bicyclic) bond motifs is 1. The van der Waals surface area contributed by atoms with Crippen molar-refractivity contribution < 1.29 is 14.6 Å². The van der Waals surface area contributed by atoms with Gasteiger partial charge in [0, 0.05) is 11.9 Å². The molecule has 0 unspecified atom stereocenters. The molecule has 0 spiro atoms. The molecular formula is C22H24BrN3O3. The molecule has 3 aromatic rings. The van der Waals surface area contributed by atoms with E-state index in [1.165, 1.54) is 0 Å². The standard InChI is InChI=1S/C22H24BrN3O3/c1-14(2)10-11-26-18-9-8-15(3)12-16(18)21(22(26)28)25-24-20(27)13-29-19-7-5-4-6-17(19)23/h4-9,12,14,28H,10-11,13H2,1-3H3. The molecule has 1 heterocycles. The summed E-state index contributed by atoms with van der Waals surface area (Å²) >= 11 is 3.37. The number of aromatic hydroxyl groups is 1. The second-order valence-corrected chi connectivity index (χ2v) is 8.19. The van der Waals surface area contributed by atoms with Gasteiger partial charge in [0.2, 0.25) is 5.88 Å². The van der Waals surface area contributed by atoms with Crippen LogP contribution >= 0.6 is 15.9 Å². The lowest BCUT2D eigenvalue weighted by Gasteiger charge is -2.09. The summed E-state index contributed by atoms with van der Waals surface area (Å²) < 4.78 is 8.06. The van der Waals surface area contributed by atoms with Gasteiger partial charge in [0.1, 0.15) is 5.75 Å². The van der Waals surface area contributed by atoms with Crippen LogP contribution < -0.4 is 4.74 Å². The van der Waals surface area contributed by atoms with Crippen LogP contribution in [0.4, 0.5) is 5.69 Å². The fourth-order valence-electron chi connectivity index (χ4n) is 2.99. The quantitative estimate of drug-likeness (QED) is 0.431. The molecule has 152 valence electrons. The van der Waals surface area contributed by atoms with Gasteiger partial charge in [0.25, 0.3) is 0 Å². The number of carbonyl (C=O) groups excluding carboxylic acids is 1. The van der Waals surface area contributed by atoms with Crippen LogP contribution in [0.3, 0.4) is 0 Å². The molecule has 0 atom stereocenters. The molecule has 0 radical (unpaired) electrons. The van der Waals surface area contributed by atoms with E-state index in [1.54, 1.807) is 6.07 Å². The van der Waals surface area contributed by atoms with Crippen molar-refractivity contribution in [1.82, 2.24) is 4.57 Å². The summed E-state index contributed by atoms with van der Waals surface area (Å²) in [4.78, 5) is 12.1. The Balaban J connectivity index is 1.83. The van der Waals surface area contributed by atoms with Crippen molar-refractivity contribution in [3.63, 3.8) is 0 Å². The lowest BCUT2D eigenvalue weighted by Crippen LogP contribution is -2.08. The highest BCUT2D eigenvalue weighted by molar-refractivity contribution is 9.10. The van der Waals surface area contributed by atoms with Crippen molar-refractivity contribution in [3.05, 3.63) is 52.5 Å². The van der Waals surface area contributed by atoms with Crippen molar-refractivity contribution in [2.45, 2.75) is 33.7 Å². The average Bonchev–Trinajstić information content (AvgIpc) is 2.94. The van der Waals surface area contributed by atoms with E-state index in [1.807, 2.05) is 47.9 Å². The Kier molecular flexibility index (Phi) is 6.69. The Morgan fingerprint density at radius 1 is 1.24 bits per heavy atom. The number of azo groups is 1. The Labute approximate surface area is 178 Å². The van der Waals surface area contributed by atoms with E-state index in [0.717, 1.165) is 27.4 Å². The van der Waals surface area contributed by atoms with Gasteiger partial charge >= 0.3 is 5.91 Å². The summed E-state index contributed by atoms with van der Waals surface area (Å²) in [6, 6.07) is 13.2. The molecule has 0 fully saturated rings. The number of para-hydroxylation sites is 1. The number of hydrogen-bond donors (Lipinski definition) is 1. The molecule has 0 aliphatic heterocycles. The molecule has 6 nitrogen and oxygen atoms in total. The zero-order valence-electron chi connectivity index (χ0n) is 16.7. The average molecular weight is 458 g/mol. The van der Waals surface area contributed by atoms with Gasteiger partial charge in [-0.25, -0.2) is 0 Å². The smallest absolute Gasteiger partial charge is 0.302 e. The largest absolute Gasteiger partial charge is 0.493 e. The van der Waals surface area contributed by atoms with Gasteiger partial charge in [-0.05, 0) is 59.5 Å². The summed E-state index contributed by atoms with van der Waals surface area (Å²) in [5.74, 6) is 0.545. The number of hydrogen-bond acceptors (Lipinski definition) is 4. The van der Waals surface area contributed by atoms with Crippen LogP contribution in [0, 0.1) is 12.8 Å². The number of nitrogens with zero attached hydrogens (tertiary/aromatic N) is 3. The molecule has 0 saturated heterocycles. The number of carbonyl (C=O) groups is 1. The number of rotatable bonds is 7. The van der Waals surface area contributed by atoms with Gasteiger partial charge in [-0.15, -0.1) is 10.2 Å². The van der Waals surface area contributed by atoms with E-state index >= 15 is 0 Å². The highest BCUT2D eigenvalue weighted by Crippen LogP contribution is 2.39. The highest BCUT2D eigenvalue weighted by atomic mass is 79.9. The number of aromatic nitrogens is 1. The first-order valence-electron chi connectivity index (χ1n) is 9.50. The highest BCUT2D eigenvalue weighted by Gasteiger charge is 2.17. The lowest BCUT2D eigenvalue weighted by molar-refractivity contribution is -0.120. The summed E-state index contributed by atoms with van der Waals surface area (Å²) in [6.45, 7) is 6.67. The molecule has 2 aromatic carbocycles. The first kappa shape index (κ1) is 21.0. The van der Waals surface area contributed by atoms with Crippen LogP contribution in [-0.4, -0.2) is 22.2 Å². The minimum absolute atomic E-state index is 0.0227. The molecule has 1 amide bonds. The van der Waals surface area contributed by atoms with Crippen LogP contribution in [0.25, 0.3) is 10.9 Å². The zero-order chi connectivity index (χ0) is 21.0. The van der Waals surface area contributed by atoms with Crippen LogP contribution in [0.5, 0.6) is 11.6 Å². The SMILES string of the molecule is Cc1ccc2c(c1)c(N=NC(=O)COc1ccccc1Br)c(O)n2CCC(C)C. The summed E-state index contributed by atoms with van der Waals surface area (Å²) in [5, 5.41) is 19.3. The van der Waals surface area contributed by atoms with E-state index in [-0.39, 0.29) is 12.5 Å². The van der Waals surface area contributed by atoms with E-state index in [2.05, 4.69) is 40.0 Å². The van der Waals surface area contributed by atoms with Crippen LogP contribution in [0.15, 0.2) is 57.2 Å². The minimum atomic E-state index is -0.532. The third-order valence-electron chi connectivity index (χ3n) is 4.54. The number of benzene rings is 2. The fourth-order valence-corrected chi connectivity index (χ4v) is 3.38. The first-order valence-corrected chi connectivity index (χ1v) is 10.3. The Morgan fingerprint density at radius 3 is 2.72 bits per heavy atom. The van der Waals surface area contributed by atoms with Gasteiger partial charge in [0.15, 0.2) is 12.3 Å². The van der Waals surface area contributed by atoms with E-state index < -0.39 is 5.91 Å². The first-order chi connectivity index (χ1) is 13.9. The monoisotopic (exact) mass is 457 g/mol. The second kappa shape index (κ2) is 9.22. The van der Waals surface area contributed by atoms with Crippen molar-refractivity contribution in [2.75, 3.05) is 6.61 Å². The molecule has 29 heavy (non-hydrogen) atoms. The van der Waals surface area contributed by atoms with Gasteiger partial charge in [-0.1, -0.05) is 37.6 Å². The molecule has 0 aliphatic rings. The predicted molar refractivity (Wildman–Crippen MR) is 117 cm³/mol. The third kappa shape index (κ3) is 5.03. The maximum Gasteiger partial charge on any atom is 0.302 e. The van der Waals surface area contributed by atoms with Gasteiger partial charge < -0.3 is 14.4 Å². The minimum Gasteiger partial charge on any atom is -0.493 e. The van der Waals surface area contributed by atoms with Crippen molar-refractivity contribution in [2.24, 2.45) is 16.1 Å². The lowest BCUT2D eigenvalue weighted by atomic mass is 10.1. The number of ether oxygens (including phenoxy) is 1. The van der Waals surface area contributed by atoms with Crippen molar-refractivity contribution in [1.29, 1.82) is 0 Å². The number of amides is 1. The molecule has 3 rings (SSSR count). The molecule has 1 N–H and O–H groups in total. The molecular weight excluding hydrogens is 434 g/mol. The second-order valence-electron chi connectivity index (χ2n) is 7.34.